The van der Waals surface area contributed by atoms with Crippen LogP contribution in [0.2, 0.25) is 10.0 Å². The minimum absolute atomic E-state index is 0.137. The van der Waals surface area contributed by atoms with Crippen molar-refractivity contribution in [2.45, 2.75) is 6.92 Å². The average molecular weight is 606 g/mol. The van der Waals surface area contributed by atoms with Crippen LogP contribution in [-0.4, -0.2) is 87.3 Å². The van der Waals surface area contributed by atoms with Crippen molar-refractivity contribution in [3.8, 4) is 11.5 Å². The van der Waals surface area contributed by atoms with Crippen molar-refractivity contribution in [1.29, 1.82) is 0 Å². The van der Waals surface area contributed by atoms with Crippen LogP contribution in [0.5, 0.6) is 11.5 Å². The van der Waals surface area contributed by atoms with Gasteiger partial charge >= 0.3 is 0 Å². The molecule has 0 radical (unpaired) electrons. The lowest BCUT2D eigenvalue weighted by molar-refractivity contribution is 0.102. The molecule has 0 atom stereocenters. The number of halogens is 2. The molecule has 1 saturated heterocycles. The number of amidine groups is 1. The van der Waals surface area contributed by atoms with Gasteiger partial charge in [0.1, 0.15) is 45.3 Å². The maximum absolute atomic E-state index is 13.4. The molecule has 1 amide bonds. The number of thiophene rings is 1. The van der Waals surface area contributed by atoms with Crippen LogP contribution in [0.3, 0.4) is 0 Å². The molecule has 1 aromatic carbocycles. The number of hydrogen-bond donors (Lipinski definition) is 2. The predicted molar refractivity (Wildman–Crippen MR) is 163 cm³/mol. The third kappa shape index (κ3) is 6.15. The summed E-state index contributed by atoms with van der Waals surface area (Å²) >= 11 is 14.2. The number of aliphatic imine (C=N–C) groups is 2. The van der Waals surface area contributed by atoms with Gasteiger partial charge in [-0.25, -0.2) is 9.97 Å². The average Bonchev–Trinajstić information content (AvgIpc) is 3.42. The van der Waals surface area contributed by atoms with E-state index in [0.717, 1.165) is 38.5 Å². The highest BCUT2D eigenvalue weighted by atomic mass is 35.5. The van der Waals surface area contributed by atoms with Crippen LogP contribution in [0.4, 0.5) is 23.0 Å². The number of carbonyl (C=O) groups is 1. The number of nitrogens with zero attached hydrogens (tertiary/aromatic N) is 6. The summed E-state index contributed by atoms with van der Waals surface area (Å²) in [5.41, 5.74) is 0.773. The summed E-state index contributed by atoms with van der Waals surface area (Å²) in [4.78, 5) is 36.0. The van der Waals surface area contributed by atoms with Crippen molar-refractivity contribution in [3.63, 3.8) is 0 Å². The van der Waals surface area contributed by atoms with Crippen LogP contribution in [-0.2, 0) is 0 Å². The molecule has 0 saturated carbocycles. The lowest BCUT2D eigenvalue weighted by Gasteiger charge is -2.34. The summed E-state index contributed by atoms with van der Waals surface area (Å²) in [6.07, 6.45) is 1.52. The second kappa shape index (κ2) is 13.3. The number of aromatic nitrogens is 2. The fourth-order valence-electron chi connectivity index (χ4n) is 4.23. The SMILES string of the molecule is C=Nc1c(C(=O)Nc2c(Cl)c(OC)cc(OC)c2Cl)csc1C(=NC)Nc1cc(N2CCN(CC)CC2)ncn1. The van der Waals surface area contributed by atoms with E-state index in [9.17, 15) is 4.79 Å². The molecule has 14 heteroatoms. The Morgan fingerprint density at radius 2 is 1.77 bits per heavy atom. The Balaban J connectivity index is 1.57. The Bertz CT molecular complexity index is 1390. The quantitative estimate of drug-likeness (QED) is 0.257. The monoisotopic (exact) mass is 604 g/mol. The molecule has 3 heterocycles. The van der Waals surface area contributed by atoms with E-state index in [1.807, 2.05) is 6.07 Å². The number of rotatable bonds is 9. The fraction of sp³-hybridized carbons (Fsp3) is 0.346. The van der Waals surface area contributed by atoms with Gasteiger partial charge in [-0.2, -0.15) is 0 Å². The smallest absolute Gasteiger partial charge is 0.258 e. The van der Waals surface area contributed by atoms with E-state index in [2.05, 4.69) is 54.0 Å². The van der Waals surface area contributed by atoms with Crippen molar-refractivity contribution in [2.75, 3.05) is 69.5 Å². The Labute approximate surface area is 246 Å². The molecule has 212 valence electrons. The maximum atomic E-state index is 13.4. The van der Waals surface area contributed by atoms with E-state index in [0.29, 0.717) is 33.7 Å². The summed E-state index contributed by atoms with van der Waals surface area (Å²) in [6, 6.07) is 3.42. The van der Waals surface area contributed by atoms with E-state index in [-0.39, 0.29) is 21.3 Å². The van der Waals surface area contributed by atoms with Crippen molar-refractivity contribution >= 4 is 76.0 Å². The number of anilines is 3. The van der Waals surface area contributed by atoms with Gasteiger partial charge in [0.05, 0.1) is 36.0 Å². The van der Waals surface area contributed by atoms with Crippen molar-refractivity contribution in [2.24, 2.45) is 9.98 Å². The maximum Gasteiger partial charge on any atom is 0.258 e. The van der Waals surface area contributed by atoms with Crippen LogP contribution in [0, 0.1) is 0 Å². The number of likely N-dealkylation sites (N-methyl/N-ethyl adjacent to an activating group) is 1. The van der Waals surface area contributed by atoms with Crippen molar-refractivity contribution in [3.05, 3.63) is 44.3 Å². The summed E-state index contributed by atoms with van der Waals surface area (Å²) in [5.74, 6) is 1.99. The van der Waals surface area contributed by atoms with Gasteiger partial charge in [0, 0.05) is 50.7 Å². The predicted octanol–water partition coefficient (Wildman–Crippen LogP) is 5.08. The van der Waals surface area contributed by atoms with Gasteiger partial charge in [-0.3, -0.25) is 14.8 Å². The van der Waals surface area contributed by atoms with Gasteiger partial charge in [-0.05, 0) is 13.3 Å². The normalized spacial score (nSPS) is 14.2. The van der Waals surface area contributed by atoms with Crippen molar-refractivity contribution < 1.29 is 14.3 Å². The molecular weight excluding hydrogens is 575 g/mol. The molecule has 2 aromatic heterocycles. The number of benzene rings is 1. The Hall–Kier alpha value is -3.45. The second-order valence-corrected chi connectivity index (χ2v) is 10.2. The van der Waals surface area contributed by atoms with Gasteiger partial charge in [0.2, 0.25) is 0 Å². The first-order chi connectivity index (χ1) is 19.3. The standard InChI is InChI=1S/C26H30Cl2N8O3S/c1-6-35-7-9-36(10-8-35)19-12-18(31-14-32-19)33-25(30-3)24-22(29-2)15(13-40-24)26(37)34-23-20(27)16(38-4)11-17(39-5)21(23)28/h11-14H,2,6-10H2,1,3-5H3,(H,34,37)(H,30,31,32,33). The van der Waals surface area contributed by atoms with E-state index in [4.69, 9.17) is 32.7 Å². The molecule has 3 aromatic rings. The molecule has 0 aliphatic carbocycles. The highest BCUT2D eigenvalue weighted by Crippen LogP contribution is 2.44. The molecule has 0 spiro atoms. The van der Waals surface area contributed by atoms with Crippen LogP contribution in [0.25, 0.3) is 0 Å². The molecule has 4 rings (SSSR count). The van der Waals surface area contributed by atoms with Crippen LogP contribution < -0.4 is 25.0 Å². The number of hydrogen-bond acceptors (Lipinski definition) is 10. The van der Waals surface area contributed by atoms with Gasteiger partial charge in [0.15, 0.2) is 0 Å². The summed E-state index contributed by atoms with van der Waals surface area (Å²) in [5, 5.41) is 7.94. The van der Waals surface area contributed by atoms with E-state index >= 15 is 0 Å². The first-order valence-electron chi connectivity index (χ1n) is 12.4. The lowest BCUT2D eigenvalue weighted by Crippen LogP contribution is -2.46. The molecule has 11 nitrogen and oxygen atoms in total. The van der Waals surface area contributed by atoms with E-state index in [1.165, 1.54) is 31.9 Å². The van der Waals surface area contributed by atoms with E-state index < -0.39 is 5.91 Å². The number of nitrogens with one attached hydrogen (secondary N) is 2. The number of ether oxygens (including phenoxy) is 2. The summed E-state index contributed by atoms with van der Waals surface area (Å²) in [7, 11) is 4.55. The van der Waals surface area contributed by atoms with Gasteiger partial charge in [-0.1, -0.05) is 30.1 Å². The van der Waals surface area contributed by atoms with Gasteiger partial charge in [-0.15, -0.1) is 11.3 Å². The highest BCUT2D eigenvalue weighted by Gasteiger charge is 2.25. The van der Waals surface area contributed by atoms with Crippen molar-refractivity contribution in [1.82, 2.24) is 14.9 Å². The number of carbonyl (C=O) groups excluding carboxylic acids is 1. The Kier molecular flexibility index (Phi) is 9.80. The Morgan fingerprint density at radius 1 is 1.10 bits per heavy atom. The zero-order chi connectivity index (χ0) is 28.8. The number of methoxy groups -OCH3 is 2. The number of piperazine rings is 1. The molecular formula is C26H30Cl2N8O3S. The first-order valence-corrected chi connectivity index (χ1v) is 14.0. The molecule has 1 fully saturated rings. The lowest BCUT2D eigenvalue weighted by atomic mass is 10.2. The molecule has 0 unspecified atom stereocenters. The zero-order valence-corrected chi connectivity index (χ0v) is 25.0. The third-order valence-electron chi connectivity index (χ3n) is 6.46. The van der Waals surface area contributed by atoms with Crippen LogP contribution in [0.1, 0.15) is 22.2 Å². The summed E-state index contributed by atoms with van der Waals surface area (Å²) in [6.45, 7) is 10.6. The zero-order valence-electron chi connectivity index (χ0n) is 22.6. The molecule has 1 aliphatic heterocycles. The largest absolute Gasteiger partial charge is 0.495 e. The molecule has 0 bridgehead atoms. The molecule has 40 heavy (non-hydrogen) atoms. The first kappa shape index (κ1) is 29.5. The molecule has 1 aliphatic rings. The molecule has 2 N–H and O–H groups in total. The minimum atomic E-state index is -0.491. The second-order valence-electron chi connectivity index (χ2n) is 8.60. The van der Waals surface area contributed by atoms with Crippen LogP contribution in [0.15, 0.2) is 33.8 Å². The third-order valence-corrected chi connectivity index (χ3v) is 8.19. The fourth-order valence-corrected chi connectivity index (χ4v) is 5.82. The van der Waals surface area contributed by atoms with E-state index in [1.54, 1.807) is 18.5 Å². The minimum Gasteiger partial charge on any atom is -0.495 e. The topological polar surface area (TPSA) is 117 Å². The number of amides is 1. The Morgan fingerprint density at radius 3 is 2.35 bits per heavy atom. The summed E-state index contributed by atoms with van der Waals surface area (Å²) < 4.78 is 10.6. The van der Waals surface area contributed by atoms with Gasteiger partial charge < -0.3 is 29.9 Å². The highest BCUT2D eigenvalue weighted by molar-refractivity contribution is 7.13. The van der Waals surface area contributed by atoms with Crippen LogP contribution >= 0.6 is 34.5 Å². The van der Waals surface area contributed by atoms with Gasteiger partial charge in [0.25, 0.3) is 5.91 Å².